The van der Waals surface area contributed by atoms with Crippen LogP contribution in [0.5, 0.6) is 0 Å². The van der Waals surface area contributed by atoms with Gasteiger partial charge in [0.25, 0.3) is 0 Å². The van der Waals surface area contributed by atoms with Crippen LogP contribution in [0.3, 0.4) is 0 Å². The maximum atomic E-state index is 9.42. The minimum Gasteiger partial charge on any atom is -0.396 e. The molecule has 0 unspecified atom stereocenters. The second-order valence-electron chi connectivity index (χ2n) is 7.16. The van der Waals surface area contributed by atoms with E-state index in [2.05, 4.69) is 46.6 Å². The number of aliphatic hydroxyl groups is 1. The quantitative estimate of drug-likeness (QED) is 0.584. The minimum atomic E-state index is 0.205. The highest BCUT2D eigenvalue weighted by molar-refractivity contribution is 6.55. The lowest BCUT2D eigenvalue weighted by Gasteiger charge is -2.26. The highest BCUT2D eigenvalue weighted by Crippen LogP contribution is 2.28. The van der Waals surface area contributed by atoms with Gasteiger partial charge in [-0.05, 0) is 36.4 Å². The van der Waals surface area contributed by atoms with Crippen LogP contribution < -0.4 is 15.7 Å². The van der Waals surface area contributed by atoms with E-state index in [-0.39, 0.29) is 6.61 Å². The molecule has 3 aromatic rings. The number of rotatable bonds is 8. The lowest BCUT2D eigenvalue weighted by molar-refractivity contribution is 0.275. The number of hydrogen-bond donors (Lipinski definition) is 2. The Balaban J connectivity index is 1.70. The average molecular weight is 377 g/mol. The lowest BCUT2D eigenvalue weighted by atomic mass is 9.69. The first-order valence-corrected chi connectivity index (χ1v) is 10.0. The Kier molecular flexibility index (Phi) is 5.76. The molecule has 145 valence electrons. The Morgan fingerprint density at radius 2 is 2.29 bits per heavy atom. The van der Waals surface area contributed by atoms with E-state index in [1.165, 1.54) is 0 Å². The van der Waals surface area contributed by atoms with Crippen molar-refractivity contribution in [3.63, 3.8) is 0 Å². The van der Waals surface area contributed by atoms with Gasteiger partial charge in [0.1, 0.15) is 11.6 Å². The molecular weight excluding hydrogens is 351 g/mol. The molecule has 1 fully saturated rings. The van der Waals surface area contributed by atoms with Gasteiger partial charge in [-0.1, -0.05) is 19.3 Å². The van der Waals surface area contributed by atoms with Crippen LogP contribution in [0.2, 0.25) is 6.32 Å². The van der Waals surface area contributed by atoms with Crippen LogP contribution >= 0.6 is 0 Å². The molecule has 4 heterocycles. The zero-order valence-corrected chi connectivity index (χ0v) is 16.3. The molecule has 1 atom stereocenters. The van der Waals surface area contributed by atoms with Crippen molar-refractivity contribution in [1.82, 2.24) is 19.6 Å². The third-order valence-electron chi connectivity index (χ3n) is 5.24. The monoisotopic (exact) mass is 377 g/mol. The van der Waals surface area contributed by atoms with Crippen LogP contribution in [-0.2, 0) is 6.54 Å². The highest BCUT2D eigenvalue weighted by Gasteiger charge is 2.26. The van der Waals surface area contributed by atoms with Gasteiger partial charge in [0, 0.05) is 50.4 Å². The van der Waals surface area contributed by atoms with Crippen molar-refractivity contribution in [2.45, 2.75) is 45.1 Å². The summed E-state index contributed by atoms with van der Waals surface area (Å²) in [4.78, 5) is 11.5. The molecule has 1 aliphatic rings. The number of aliphatic hydroxyl groups excluding tert-OH is 1. The van der Waals surface area contributed by atoms with Crippen LogP contribution in [0.15, 0.2) is 36.8 Å². The Hall–Kier alpha value is -2.61. The molecule has 0 aromatic carbocycles. The SMILES string of the molecule is CC[B]c1cnn2c(NCc3cccnc3)cc(N3CCC[C@H]3CCO)nc12. The van der Waals surface area contributed by atoms with Crippen molar-refractivity contribution < 1.29 is 5.11 Å². The Morgan fingerprint density at radius 1 is 1.36 bits per heavy atom. The maximum Gasteiger partial charge on any atom is 0.158 e. The molecule has 1 radical (unpaired) electrons. The topological polar surface area (TPSA) is 78.6 Å². The first-order chi connectivity index (χ1) is 13.8. The number of anilines is 2. The molecule has 8 heteroatoms. The molecule has 3 aromatic heterocycles. The van der Waals surface area contributed by atoms with Crippen LogP contribution in [0, 0.1) is 0 Å². The summed E-state index contributed by atoms with van der Waals surface area (Å²) in [6.45, 7) is 3.96. The molecule has 0 spiro atoms. The van der Waals surface area contributed by atoms with Crippen molar-refractivity contribution >= 4 is 30.0 Å². The molecule has 0 amide bonds. The van der Waals surface area contributed by atoms with Gasteiger partial charge < -0.3 is 15.3 Å². The third-order valence-corrected chi connectivity index (χ3v) is 5.24. The fourth-order valence-corrected chi connectivity index (χ4v) is 3.89. The zero-order chi connectivity index (χ0) is 19.3. The summed E-state index contributed by atoms with van der Waals surface area (Å²) in [7, 11) is 2.15. The van der Waals surface area contributed by atoms with Crippen molar-refractivity contribution in [2.75, 3.05) is 23.4 Å². The van der Waals surface area contributed by atoms with E-state index < -0.39 is 0 Å². The summed E-state index contributed by atoms with van der Waals surface area (Å²) in [6.07, 6.45) is 9.45. The van der Waals surface area contributed by atoms with Crippen LogP contribution in [-0.4, -0.2) is 51.2 Å². The summed E-state index contributed by atoms with van der Waals surface area (Å²) in [6, 6.07) is 6.40. The molecular formula is C20H26BN6O. The smallest absolute Gasteiger partial charge is 0.158 e. The summed E-state index contributed by atoms with van der Waals surface area (Å²) < 4.78 is 1.87. The van der Waals surface area contributed by atoms with Gasteiger partial charge in [-0.25, -0.2) is 4.98 Å². The van der Waals surface area contributed by atoms with E-state index in [9.17, 15) is 5.11 Å². The molecule has 2 N–H and O–H groups in total. The standard InChI is InChI=1S/C20H26BN6O/c1-2-21-17-14-24-27-18(23-13-15-5-3-8-22-12-15)11-19(25-20(17)27)26-9-4-6-16(26)7-10-28/h3,5,8,11-12,14,16,23,28H,2,4,6-7,9-10,13H2,1H3/t16-/m0/s1. The van der Waals surface area contributed by atoms with E-state index in [0.29, 0.717) is 12.6 Å². The second kappa shape index (κ2) is 8.60. The Morgan fingerprint density at radius 3 is 3.07 bits per heavy atom. The molecule has 0 saturated carbocycles. The lowest BCUT2D eigenvalue weighted by Crippen LogP contribution is -2.31. The van der Waals surface area contributed by atoms with Gasteiger partial charge in [0.05, 0.1) is 0 Å². The predicted octanol–water partition coefficient (Wildman–Crippen LogP) is 1.86. The Bertz CT molecular complexity index is 916. The molecule has 1 saturated heterocycles. The predicted molar refractivity (Wildman–Crippen MR) is 112 cm³/mol. The van der Waals surface area contributed by atoms with Gasteiger partial charge in [0.2, 0.25) is 0 Å². The van der Waals surface area contributed by atoms with E-state index in [1.54, 1.807) is 6.20 Å². The molecule has 0 aliphatic carbocycles. The number of fused-ring (bicyclic) bond motifs is 1. The van der Waals surface area contributed by atoms with Crippen molar-refractivity contribution in [1.29, 1.82) is 0 Å². The maximum absolute atomic E-state index is 9.42. The first-order valence-electron chi connectivity index (χ1n) is 10.0. The van der Waals surface area contributed by atoms with Gasteiger partial charge >= 0.3 is 0 Å². The second-order valence-corrected chi connectivity index (χ2v) is 7.16. The fraction of sp³-hybridized carbons (Fsp3) is 0.450. The van der Waals surface area contributed by atoms with Crippen molar-refractivity contribution in [3.05, 3.63) is 42.4 Å². The normalized spacial score (nSPS) is 16.6. The first kappa shape index (κ1) is 18.7. The number of aromatic nitrogens is 4. The summed E-state index contributed by atoms with van der Waals surface area (Å²) >= 11 is 0. The summed E-state index contributed by atoms with van der Waals surface area (Å²) in [5, 5.41) is 17.5. The van der Waals surface area contributed by atoms with Gasteiger partial charge in [0.15, 0.2) is 12.9 Å². The number of pyridine rings is 1. The minimum absolute atomic E-state index is 0.205. The highest BCUT2D eigenvalue weighted by atomic mass is 16.3. The van der Waals surface area contributed by atoms with Crippen LogP contribution in [0.25, 0.3) is 5.65 Å². The zero-order valence-electron chi connectivity index (χ0n) is 16.3. The summed E-state index contributed by atoms with van der Waals surface area (Å²) in [5.74, 6) is 1.86. The van der Waals surface area contributed by atoms with E-state index in [0.717, 1.165) is 60.4 Å². The fourth-order valence-electron chi connectivity index (χ4n) is 3.89. The average Bonchev–Trinajstić information content (AvgIpc) is 3.35. The van der Waals surface area contributed by atoms with E-state index >= 15 is 0 Å². The van der Waals surface area contributed by atoms with E-state index in [1.807, 2.05) is 23.0 Å². The molecule has 0 bridgehead atoms. The van der Waals surface area contributed by atoms with Crippen LogP contribution in [0.1, 0.15) is 31.7 Å². The molecule has 4 rings (SSSR count). The van der Waals surface area contributed by atoms with Crippen molar-refractivity contribution in [3.8, 4) is 0 Å². The molecule has 1 aliphatic heterocycles. The third kappa shape index (κ3) is 3.82. The number of nitrogens with zero attached hydrogens (tertiary/aromatic N) is 5. The van der Waals surface area contributed by atoms with Gasteiger partial charge in [-0.2, -0.15) is 9.61 Å². The van der Waals surface area contributed by atoms with Crippen LogP contribution in [0.4, 0.5) is 11.6 Å². The molecule has 7 nitrogen and oxygen atoms in total. The molecule has 28 heavy (non-hydrogen) atoms. The van der Waals surface area contributed by atoms with Gasteiger partial charge in [-0.15, -0.1) is 0 Å². The Labute approximate surface area is 166 Å². The number of hydrogen-bond acceptors (Lipinski definition) is 6. The summed E-state index contributed by atoms with van der Waals surface area (Å²) in [5.41, 5.74) is 3.02. The van der Waals surface area contributed by atoms with E-state index in [4.69, 9.17) is 4.98 Å². The largest absolute Gasteiger partial charge is 0.396 e. The van der Waals surface area contributed by atoms with Crippen molar-refractivity contribution in [2.24, 2.45) is 0 Å². The number of nitrogens with one attached hydrogen (secondary N) is 1. The van der Waals surface area contributed by atoms with Gasteiger partial charge in [-0.3, -0.25) is 4.98 Å².